The summed E-state index contributed by atoms with van der Waals surface area (Å²) in [4.78, 5) is 37.6. The zero-order valence-electron chi connectivity index (χ0n) is 14.9. The molecule has 0 unspecified atom stereocenters. The second kappa shape index (κ2) is 7.28. The second-order valence-electron chi connectivity index (χ2n) is 6.09. The van der Waals surface area contributed by atoms with Crippen molar-refractivity contribution in [2.75, 3.05) is 6.54 Å². The summed E-state index contributed by atoms with van der Waals surface area (Å²) in [6.07, 6.45) is 0. The predicted octanol–water partition coefficient (Wildman–Crippen LogP) is 1.85. The van der Waals surface area contributed by atoms with Crippen LogP contribution in [0.5, 0.6) is 0 Å². The molecular formula is C19H16N4O4S. The fourth-order valence-corrected chi connectivity index (χ4v) is 3.58. The maximum absolute atomic E-state index is 12.3. The van der Waals surface area contributed by atoms with E-state index in [0.717, 1.165) is 4.88 Å². The highest BCUT2D eigenvalue weighted by molar-refractivity contribution is 7.13. The van der Waals surface area contributed by atoms with E-state index in [1.807, 2.05) is 17.5 Å². The van der Waals surface area contributed by atoms with Gasteiger partial charge in [-0.15, -0.1) is 16.4 Å². The lowest BCUT2D eigenvalue weighted by Crippen LogP contribution is -2.32. The van der Waals surface area contributed by atoms with E-state index in [0.29, 0.717) is 16.8 Å². The summed E-state index contributed by atoms with van der Waals surface area (Å²) in [7, 11) is 1.66. The third-order valence-corrected chi connectivity index (χ3v) is 5.12. The van der Waals surface area contributed by atoms with Crippen LogP contribution in [-0.2, 0) is 13.6 Å². The molecule has 0 bridgehead atoms. The fourth-order valence-electron chi connectivity index (χ4n) is 2.83. The summed E-state index contributed by atoms with van der Waals surface area (Å²) >= 11 is 1.49. The summed E-state index contributed by atoms with van der Waals surface area (Å²) in [5, 5.41) is 9.31. The van der Waals surface area contributed by atoms with Crippen LogP contribution in [0.4, 0.5) is 0 Å². The van der Waals surface area contributed by atoms with E-state index in [1.165, 1.54) is 26.7 Å². The van der Waals surface area contributed by atoms with E-state index in [-0.39, 0.29) is 30.0 Å². The topological polar surface area (TPSA) is 99.1 Å². The van der Waals surface area contributed by atoms with Gasteiger partial charge >= 0.3 is 5.69 Å². The molecular weight excluding hydrogens is 380 g/mol. The summed E-state index contributed by atoms with van der Waals surface area (Å²) in [5.41, 5.74) is -0.204. The van der Waals surface area contributed by atoms with Crippen LogP contribution in [0, 0.1) is 0 Å². The molecule has 1 aromatic carbocycles. The first-order valence-electron chi connectivity index (χ1n) is 8.53. The largest absolute Gasteiger partial charge is 0.451 e. The summed E-state index contributed by atoms with van der Waals surface area (Å²) in [5.74, 6) is -0.0199. The fraction of sp³-hybridized carbons (Fsp3) is 0.158. The molecule has 3 aromatic heterocycles. The Hall–Kier alpha value is -3.46. The minimum atomic E-state index is -0.523. The molecule has 9 heteroatoms. The number of hydrogen-bond donors (Lipinski definition) is 1. The molecule has 142 valence electrons. The number of amides is 1. The van der Waals surface area contributed by atoms with E-state index in [9.17, 15) is 14.4 Å². The average molecular weight is 396 g/mol. The molecule has 1 N–H and O–H groups in total. The number of hydrogen-bond acceptors (Lipinski definition) is 6. The van der Waals surface area contributed by atoms with Gasteiger partial charge in [0.1, 0.15) is 5.58 Å². The number of nitrogens with one attached hydrogen (secondary N) is 1. The Bertz CT molecular complexity index is 1270. The SMILES string of the molecule is Cn1c(-c2cccs2)nn(CCNC(=O)c2cc(=O)c3ccccc3o2)c1=O. The number of aromatic nitrogens is 3. The summed E-state index contributed by atoms with van der Waals surface area (Å²) in [6, 6.07) is 11.7. The number of benzene rings is 1. The standard InChI is InChI=1S/C19H16N4O4S/c1-22-17(16-7-4-10-28-16)21-23(19(22)26)9-8-20-18(25)15-11-13(24)12-5-2-3-6-14(12)27-15/h2-7,10-11H,8-9H2,1H3,(H,20,25). The lowest BCUT2D eigenvalue weighted by Gasteiger charge is -2.05. The molecule has 4 rings (SSSR count). The van der Waals surface area contributed by atoms with Crippen LogP contribution < -0.4 is 16.4 Å². The lowest BCUT2D eigenvalue weighted by molar-refractivity contribution is 0.0924. The summed E-state index contributed by atoms with van der Waals surface area (Å²) in [6.45, 7) is 0.359. The van der Waals surface area contributed by atoms with Gasteiger partial charge in [0.05, 0.1) is 16.8 Å². The molecule has 0 saturated carbocycles. The third-order valence-electron chi connectivity index (χ3n) is 4.25. The first kappa shape index (κ1) is 17.9. The van der Waals surface area contributed by atoms with Crippen molar-refractivity contribution in [1.82, 2.24) is 19.7 Å². The molecule has 4 aromatic rings. The number of rotatable bonds is 5. The minimum absolute atomic E-state index is 0.0728. The van der Waals surface area contributed by atoms with E-state index in [1.54, 1.807) is 31.3 Å². The van der Waals surface area contributed by atoms with Gasteiger partial charge in [-0.2, -0.15) is 0 Å². The normalized spacial score (nSPS) is 11.0. The van der Waals surface area contributed by atoms with E-state index in [4.69, 9.17) is 4.42 Å². The first-order valence-corrected chi connectivity index (χ1v) is 9.41. The van der Waals surface area contributed by atoms with Crippen molar-refractivity contribution in [3.05, 3.63) is 74.3 Å². The van der Waals surface area contributed by atoms with Crippen molar-refractivity contribution in [2.24, 2.45) is 7.05 Å². The Kier molecular flexibility index (Phi) is 4.66. The van der Waals surface area contributed by atoms with Gasteiger partial charge in [0.2, 0.25) is 0 Å². The Morgan fingerprint density at radius 1 is 1.21 bits per heavy atom. The molecule has 1 amide bonds. The molecule has 0 aliphatic carbocycles. The number of carbonyl (C=O) groups is 1. The molecule has 0 atom stereocenters. The average Bonchev–Trinajstić information content (AvgIpc) is 3.32. The highest BCUT2D eigenvalue weighted by atomic mass is 32.1. The quantitative estimate of drug-likeness (QED) is 0.555. The van der Waals surface area contributed by atoms with Crippen LogP contribution in [0.15, 0.2) is 61.9 Å². The molecule has 0 saturated heterocycles. The Morgan fingerprint density at radius 3 is 2.82 bits per heavy atom. The van der Waals surface area contributed by atoms with Gasteiger partial charge in [-0.05, 0) is 23.6 Å². The van der Waals surface area contributed by atoms with Crippen molar-refractivity contribution >= 4 is 28.2 Å². The van der Waals surface area contributed by atoms with Crippen LogP contribution in [-0.4, -0.2) is 26.8 Å². The van der Waals surface area contributed by atoms with Gasteiger partial charge in [-0.3, -0.25) is 14.2 Å². The Balaban J connectivity index is 1.47. The molecule has 8 nitrogen and oxygen atoms in total. The van der Waals surface area contributed by atoms with Crippen LogP contribution in [0.2, 0.25) is 0 Å². The lowest BCUT2D eigenvalue weighted by atomic mass is 10.2. The summed E-state index contributed by atoms with van der Waals surface area (Å²) < 4.78 is 8.27. The van der Waals surface area contributed by atoms with Gasteiger partial charge in [0, 0.05) is 19.7 Å². The monoisotopic (exact) mass is 396 g/mol. The van der Waals surface area contributed by atoms with Gasteiger partial charge < -0.3 is 9.73 Å². The Morgan fingerprint density at radius 2 is 2.04 bits per heavy atom. The molecule has 28 heavy (non-hydrogen) atoms. The molecule has 0 aliphatic heterocycles. The van der Waals surface area contributed by atoms with Crippen LogP contribution in [0.25, 0.3) is 21.7 Å². The third kappa shape index (κ3) is 3.27. The van der Waals surface area contributed by atoms with Gasteiger partial charge in [0.15, 0.2) is 17.0 Å². The number of carbonyl (C=O) groups excluding carboxylic acids is 1. The molecule has 0 spiro atoms. The van der Waals surface area contributed by atoms with Crippen molar-refractivity contribution < 1.29 is 9.21 Å². The van der Waals surface area contributed by atoms with Gasteiger partial charge in [-0.1, -0.05) is 18.2 Å². The van der Waals surface area contributed by atoms with E-state index < -0.39 is 5.91 Å². The van der Waals surface area contributed by atoms with E-state index >= 15 is 0 Å². The highest BCUT2D eigenvalue weighted by Gasteiger charge is 2.14. The second-order valence-corrected chi connectivity index (χ2v) is 7.04. The zero-order chi connectivity index (χ0) is 19.7. The maximum Gasteiger partial charge on any atom is 0.346 e. The van der Waals surface area contributed by atoms with Gasteiger partial charge in [0.25, 0.3) is 5.91 Å². The molecule has 3 heterocycles. The number of nitrogens with zero attached hydrogens (tertiary/aromatic N) is 3. The maximum atomic E-state index is 12.3. The number of fused-ring (bicyclic) bond motifs is 1. The highest BCUT2D eigenvalue weighted by Crippen LogP contribution is 2.20. The first-order chi connectivity index (χ1) is 13.5. The molecule has 0 fully saturated rings. The molecule has 0 radical (unpaired) electrons. The van der Waals surface area contributed by atoms with Crippen LogP contribution in [0.3, 0.4) is 0 Å². The van der Waals surface area contributed by atoms with Crippen molar-refractivity contribution in [1.29, 1.82) is 0 Å². The van der Waals surface area contributed by atoms with E-state index in [2.05, 4.69) is 10.4 Å². The number of thiophene rings is 1. The van der Waals surface area contributed by atoms with Gasteiger partial charge in [-0.25, -0.2) is 9.48 Å². The minimum Gasteiger partial charge on any atom is -0.451 e. The van der Waals surface area contributed by atoms with Crippen molar-refractivity contribution in [2.45, 2.75) is 6.54 Å². The van der Waals surface area contributed by atoms with Crippen molar-refractivity contribution in [3.63, 3.8) is 0 Å². The van der Waals surface area contributed by atoms with Crippen LogP contribution in [0.1, 0.15) is 10.6 Å². The number of para-hydroxylation sites is 1. The molecule has 0 aliphatic rings. The predicted molar refractivity (Wildman–Crippen MR) is 106 cm³/mol. The smallest absolute Gasteiger partial charge is 0.346 e. The van der Waals surface area contributed by atoms with Crippen molar-refractivity contribution in [3.8, 4) is 10.7 Å². The zero-order valence-corrected chi connectivity index (χ0v) is 15.7. The Labute approximate surface area is 162 Å². The van der Waals surface area contributed by atoms with Crippen LogP contribution >= 0.6 is 11.3 Å².